The highest BCUT2D eigenvalue weighted by Gasteiger charge is 2.46. The Morgan fingerprint density at radius 3 is 2.10 bits per heavy atom. The number of thioether (sulfide) groups is 2. The normalized spacial score (nSPS) is 16.3. The minimum Gasteiger partial charge on any atom is -0.465 e. The van der Waals surface area contributed by atoms with Gasteiger partial charge in [0, 0.05) is 29.3 Å². The largest absolute Gasteiger partial charge is 0.465 e. The first kappa shape index (κ1) is 29.2. The van der Waals surface area contributed by atoms with Crippen LogP contribution in [0.5, 0.6) is 0 Å². The lowest BCUT2D eigenvalue weighted by molar-refractivity contribution is -0.384. The van der Waals surface area contributed by atoms with E-state index in [1.165, 1.54) is 32.4 Å². The number of non-ortho nitro benzene ring substituents is 1. The third kappa shape index (κ3) is 5.21. The Morgan fingerprint density at radius 1 is 1.00 bits per heavy atom. The number of rotatable bonds is 5. The molecule has 2 aromatic rings. The van der Waals surface area contributed by atoms with Gasteiger partial charge in [-0.25, -0.2) is 9.59 Å². The Balaban J connectivity index is 1.80. The molecule has 0 atom stereocenters. The average Bonchev–Trinajstić information content (AvgIpc) is 3.37. The summed E-state index contributed by atoms with van der Waals surface area (Å²) in [5.74, 6) is -1.65. The van der Waals surface area contributed by atoms with Crippen molar-refractivity contribution in [3.63, 3.8) is 0 Å². The van der Waals surface area contributed by atoms with E-state index in [9.17, 15) is 24.5 Å². The minimum absolute atomic E-state index is 0.0426. The van der Waals surface area contributed by atoms with Gasteiger partial charge in [0.05, 0.1) is 39.5 Å². The van der Waals surface area contributed by atoms with Crippen molar-refractivity contribution >= 4 is 81.5 Å². The van der Waals surface area contributed by atoms with E-state index in [2.05, 4.69) is 0 Å². The molecule has 0 aromatic heterocycles. The van der Waals surface area contributed by atoms with Crippen LogP contribution in [0.1, 0.15) is 30.5 Å². The second-order valence-corrected chi connectivity index (χ2v) is 11.9. The van der Waals surface area contributed by atoms with Crippen LogP contribution in [-0.4, -0.2) is 47.4 Å². The maximum absolute atomic E-state index is 13.7. The summed E-state index contributed by atoms with van der Waals surface area (Å²) >= 11 is 8.16. The number of hydrogen-bond acceptors (Lipinski definition) is 10. The lowest BCUT2D eigenvalue weighted by Gasteiger charge is -2.45. The lowest BCUT2D eigenvalue weighted by atomic mass is 9.82. The summed E-state index contributed by atoms with van der Waals surface area (Å²) in [6.45, 7) is 5.56. The molecule has 0 saturated carbocycles. The summed E-state index contributed by atoms with van der Waals surface area (Å²) in [6, 6.07) is 11.5. The molecular weight excluding hydrogens is 573 g/mol. The van der Waals surface area contributed by atoms with E-state index in [1.807, 2.05) is 39.0 Å². The van der Waals surface area contributed by atoms with Gasteiger partial charge in [0.25, 0.3) is 11.6 Å². The molecule has 2 aliphatic heterocycles. The standard InChI is InChI=1S/C28H24N2O7S3/c1-15-7-6-8-18-20(27-39-22(25(32)36-4)23(40-27)26(33)37-5)24(38)28(2,3)29(21(15)18)19(31)14-11-16-9-12-17(13-10-16)30(34)35/h6-14H,1-5H3. The predicted molar refractivity (Wildman–Crippen MR) is 161 cm³/mol. The Kier molecular flexibility index (Phi) is 8.33. The third-order valence-corrected chi connectivity index (χ3v) is 9.62. The fourth-order valence-corrected chi connectivity index (χ4v) is 7.39. The van der Waals surface area contributed by atoms with Gasteiger partial charge in [-0.2, -0.15) is 0 Å². The number of methoxy groups -OCH3 is 2. The molecule has 0 fully saturated rings. The maximum atomic E-state index is 13.7. The highest BCUT2D eigenvalue weighted by molar-refractivity contribution is 8.29. The van der Waals surface area contributed by atoms with Gasteiger partial charge in [0.15, 0.2) is 0 Å². The van der Waals surface area contributed by atoms with Gasteiger partial charge in [-0.15, -0.1) is 0 Å². The Hall–Kier alpha value is -3.74. The van der Waals surface area contributed by atoms with E-state index >= 15 is 0 Å². The van der Waals surface area contributed by atoms with Crippen molar-refractivity contribution < 1.29 is 28.8 Å². The molecule has 4 rings (SSSR count). The molecule has 0 aliphatic carbocycles. The third-order valence-electron chi connectivity index (χ3n) is 6.36. The summed E-state index contributed by atoms with van der Waals surface area (Å²) in [7, 11) is 2.47. The highest BCUT2D eigenvalue weighted by atomic mass is 32.2. The van der Waals surface area contributed by atoms with Crippen LogP contribution in [0.3, 0.4) is 0 Å². The van der Waals surface area contributed by atoms with Crippen LogP contribution in [0, 0.1) is 17.0 Å². The second kappa shape index (κ2) is 11.4. The number of fused-ring (bicyclic) bond motifs is 1. The zero-order valence-corrected chi connectivity index (χ0v) is 24.6. The molecule has 2 aliphatic rings. The number of para-hydroxylation sites is 1. The van der Waals surface area contributed by atoms with Gasteiger partial charge in [0.1, 0.15) is 9.81 Å². The van der Waals surface area contributed by atoms with Gasteiger partial charge >= 0.3 is 11.9 Å². The van der Waals surface area contributed by atoms with Gasteiger partial charge < -0.3 is 9.47 Å². The number of nitro groups is 1. The summed E-state index contributed by atoms with van der Waals surface area (Å²) in [4.78, 5) is 51.5. The van der Waals surface area contributed by atoms with Crippen molar-refractivity contribution in [3.8, 4) is 0 Å². The molecule has 2 heterocycles. The first-order valence-corrected chi connectivity index (χ1v) is 13.9. The number of aryl methyl sites for hydroxylation is 1. The molecular formula is C28H24N2O7S3. The summed E-state index contributed by atoms with van der Waals surface area (Å²) in [5.41, 5.74) is 2.41. The number of nitrogens with zero attached hydrogens (tertiary/aromatic N) is 2. The Bertz CT molecular complexity index is 1530. The van der Waals surface area contributed by atoms with E-state index < -0.39 is 22.4 Å². The molecule has 0 radical (unpaired) electrons. The molecule has 0 N–H and O–H groups in total. The van der Waals surface area contributed by atoms with Crippen molar-refractivity contribution in [2.75, 3.05) is 19.1 Å². The Morgan fingerprint density at radius 2 is 1.57 bits per heavy atom. The van der Waals surface area contributed by atoms with Gasteiger partial charge in [-0.3, -0.25) is 19.8 Å². The Labute approximate surface area is 244 Å². The summed E-state index contributed by atoms with van der Waals surface area (Å²) < 4.78 is 10.4. The van der Waals surface area contributed by atoms with Crippen LogP contribution in [0.4, 0.5) is 11.4 Å². The fourth-order valence-electron chi connectivity index (χ4n) is 4.36. The van der Waals surface area contributed by atoms with Gasteiger partial charge in [-0.1, -0.05) is 53.9 Å². The van der Waals surface area contributed by atoms with Gasteiger partial charge in [-0.05, 0) is 50.1 Å². The first-order valence-electron chi connectivity index (χ1n) is 11.8. The number of ether oxygens (including phenoxy) is 2. The zero-order valence-electron chi connectivity index (χ0n) is 22.2. The van der Waals surface area contributed by atoms with Crippen molar-refractivity contribution in [2.24, 2.45) is 0 Å². The van der Waals surface area contributed by atoms with Crippen molar-refractivity contribution in [1.29, 1.82) is 0 Å². The average molecular weight is 597 g/mol. The van der Waals surface area contributed by atoms with E-state index in [1.54, 1.807) is 23.1 Å². The zero-order chi connectivity index (χ0) is 29.4. The highest BCUT2D eigenvalue weighted by Crippen LogP contribution is 2.56. The van der Waals surface area contributed by atoms with E-state index in [0.717, 1.165) is 29.1 Å². The number of benzene rings is 2. The summed E-state index contributed by atoms with van der Waals surface area (Å²) in [5, 5.41) is 11.0. The summed E-state index contributed by atoms with van der Waals surface area (Å²) in [6.07, 6.45) is 3.00. The van der Waals surface area contributed by atoms with Crippen LogP contribution < -0.4 is 4.90 Å². The van der Waals surface area contributed by atoms with Crippen molar-refractivity contribution in [1.82, 2.24) is 0 Å². The van der Waals surface area contributed by atoms with E-state index in [4.69, 9.17) is 21.7 Å². The molecule has 2 aromatic carbocycles. The van der Waals surface area contributed by atoms with Crippen LogP contribution in [0.25, 0.3) is 11.6 Å². The molecule has 40 heavy (non-hydrogen) atoms. The van der Waals surface area contributed by atoms with E-state index in [0.29, 0.717) is 31.5 Å². The van der Waals surface area contributed by atoms with Crippen LogP contribution in [-0.2, 0) is 23.9 Å². The number of amides is 1. The number of esters is 2. The monoisotopic (exact) mass is 596 g/mol. The van der Waals surface area contributed by atoms with Crippen molar-refractivity contribution in [3.05, 3.63) is 89.4 Å². The molecule has 206 valence electrons. The number of anilines is 1. The molecule has 1 amide bonds. The first-order chi connectivity index (χ1) is 18.9. The van der Waals surface area contributed by atoms with Crippen LogP contribution >= 0.6 is 35.7 Å². The molecule has 0 saturated heterocycles. The quantitative estimate of drug-likeness (QED) is 0.137. The number of nitro benzene ring substituents is 1. The van der Waals surface area contributed by atoms with E-state index in [-0.39, 0.29) is 21.4 Å². The van der Waals surface area contributed by atoms with Crippen LogP contribution in [0.2, 0.25) is 0 Å². The molecule has 0 bridgehead atoms. The molecule has 0 unspecified atom stereocenters. The number of hydrogen-bond donors (Lipinski definition) is 0. The topological polar surface area (TPSA) is 116 Å². The molecule has 9 nitrogen and oxygen atoms in total. The molecule has 12 heteroatoms. The maximum Gasteiger partial charge on any atom is 0.346 e. The fraction of sp³-hybridized carbons (Fsp3) is 0.214. The predicted octanol–water partition coefficient (Wildman–Crippen LogP) is 5.82. The minimum atomic E-state index is -0.978. The number of carbonyl (C=O) groups is 3. The lowest BCUT2D eigenvalue weighted by Crippen LogP contribution is -2.55. The van der Waals surface area contributed by atoms with Crippen molar-refractivity contribution in [2.45, 2.75) is 26.3 Å². The second-order valence-electron chi connectivity index (χ2n) is 9.22. The smallest absolute Gasteiger partial charge is 0.346 e. The van der Waals surface area contributed by atoms with Crippen LogP contribution in [0.15, 0.2) is 62.6 Å². The number of thiocarbonyl (C=S) groups is 1. The molecule has 0 spiro atoms. The number of carbonyl (C=O) groups excluding carboxylic acids is 3. The van der Waals surface area contributed by atoms with Gasteiger partial charge in [0.2, 0.25) is 0 Å². The SMILES string of the molecule is COC(=O)C1=C(C(=O)OC)SC(=C2C(=S)C(C)(C)N(C(=O)C=Cc3ccc([N+](=O)[O-])cc3)c3c(C)cccc32)S1.